The van der Waals surface area contributed by atoms with Crippen LogP contribution in [0.5, 0.6) is 0 Å². The van der Waals surface area contributed by atoms with Gasteiger partial charge in [-0.05, 0) is 0 Å². The van der Waals surface area contributed by atoms with Crippen LogP contribution in [0.2, 0.25) is 0 Å². The van der Waals surface area contributed by atoms with Gasteiger partial charge in [0.15, 0.2) is 0 Å². The van der Waals surface area contributed by atoms with Gasteiger partial charge in [-0.15, -0.1) is 9.05 Å². The Morgan fingerprint density at radius 3 is 1.27 bits per heavy atom. The van der Waals surface area contributed by atoms with E-state index in [9.17, 15) is 19.2 Å². The molecule has 0 aliphatic heterocycles. The molecule has 56 valence electrons. The van der Waals surface area contributed by atoms with E-state index < -0.39 is 18.1 Å². The molecular formula is H2AlNaO7Si2. The van der Waals surface area contributed by atoms with E-state index in [2.05, 4.69) is 4.12 Å². The zero-order valence-corrected chi connectivity index (χ0v) is 10.7. The number of rotatable bonds is 2. The van der Waals surface area contributed by atoms with Gasteiger partial charge in [-0.2, -0.15) is 0 Å². The van der Waals surface area contributed by atoms with E-state index in [0.717, 1.165) is 0 Å². The normalized spacial score (nSPS) is 11.5. The van der Waals surface area contributed by atoms with Gasteiger partial charge in [0.1, 0.15) is 0 Å². The Balaban J connectivity index is -0.000000320. The quantitative estimate of drug-likeness (QED) is 0.440. The van der Waals surface area contributed by atoms with Gasteiger partial charge in [-0.1, -0.05) is 0 Å². The Kier molecular flexibility index (Phi) is 10.4. The SMILES string of the molecule is [Al+3].[Na+].[O-][Si]([O-])([O-])O[Si]([O-])(O)O. The second kappa shape index (κ2) is 6.19. The van der Waals surface area contributed by atoms with E-state index >= 15 is 0 Å². The molecule has 0 heterocycles. The predicted molar refractivity (Wildman–Crippen MR) is 22.8 cm³/mol. The fraction of sp³-hybridized carbons (Fsp3) is 0. The molecule has 0 spiro atoms. The van der Waals surface area contributed by atoms with Crippen LogP contribution in [-0.2, 0) is 4.12 Å². The van der Waals surface area contributed by atoms with Crippen LogP contribution in [0.3, 0.4) is 0 Å². The molecule has 11 heavy (non-hydrogen) atoms. The Hall–Kier alpha value is 1.69. The minimum atomic E-state index is -5.79. The predicted octanol–water partition coefficient (Wildman–Crippen LogP) is -10.1. The Bertz CT molecular complexity index is 81.6. The van der Waals surface area contributed by atoms with Crippen LogP contribution in [0.1, 0.15) is 0 Å². The summed E-state index contributed by atoms with van der Waals surface area (Å²) in [6, 6.07) is 0. The first-order valence-electron chi connectivity index (χ1n) is 1.67. The maximum atomic E-state index is 9.58. The van der Waals surface area contributed by atoms with Crippen molar-refractivity contribution < 1.29 is 62.4 Å². The third kappa shape index (κ3) is 18.6. The zero-order chi connectivity index (χ0) is 7.71. The van der Waals surface area contributed by atoms with Crippen LogP contribution >= 0.6 is 0 Å². The molecule has 0 atom stereocenters. The van der Waals surface area contributed by atoms with E-state index in [1.54, 1.807) is 0 Å². The summed E-state index contributed by atoms with van der Waals surface area (Å²) < 4.78 is 2.79. The molecule has 0 aliphatic carbocycles. The fourth-order valence-corrected chi connectivity index (χ4v) is 1.47. The molecule has 0 saturated heterocycles. The van der Waals surface area contributed by atoms with Gasteiger partial charge in [-0.25, -0.2) is 0 Å². The van der Waals surface area contributed by atoms with Crippen LogP contribution in [0, 0.1) is 0 Å². The van der Waals surface area contributed by atoms with E-state index in [0.29, 0.717) is 0 Å². The van der Waals surface area contributed by atoms with Crippen molar-refractivity contribution in [1.82, 2.24) is 0 Å². The topological polar surface area (TPSA) is 142 Å². The summed E-state index contributed by atoms with van der Waals surface area (Å²) in [6.07, 6.45) is 0. The molecule has 0 unspecified atom stereocenters. The van der Waals surface area contributed by atoms with Gasteiger partial charge in [-0.3, -0.25) is 0 Å². The molecule has 0 rings (SSSR count). The number of hydrogen-bond donors (Lipinski definition) is 2. The van der Waals surface area contributed by atoms with E-state index in [4.69, 9.17) is 9.59 Å². The van der Waals surface area contributed by atoms with Crippen LogP contribution in [-0.4, -0.2) is 45.0 Å². The van der Waals surface area contributed by atoms with Crippen molar-refractivity contribution in [3.05, 3.63) is 0 Å². The summed E-state index contributed by atoms with van der Waals surface area (Å²) in [4.78, 5) is 53.3. The van der Waals surface area contributed by atoms with Crippen molar-refractivity contribution in [2.75, 3.05) is 0 Å². The smallest absolute Gasteiger partial charge is 0.862 e. The van der Waals surface area contributed by atoms with Crippen molar-refractivity contribution in [1.29, 1.82) is 0 Å². The molecule has 0 aromatic rings. The minimum absolute atomic E-state index is 0. The summed E-state index contributed by atoms with van der Waals surface area (Å²) in [5.74, 6) is 0. The van der Waals surface area contributed by atoms with Crippen molar-refractivity contribution in [2.24, 2.45) is 0 Å². The van der Waals surface area contributed by atoms with Crippen molar-refractivity contribution in [2.45, 2.75) is 0 Å². The largest absolute Gasteiger partial charge is 3.00 e. The van der Waals surface area contributed by atoms with Crippen molar-refractivity contribution in [3.8, 4) is 0 Å². The Labute approximate surface area is 97.3 Å². The van der Waals surface area contributed by atoms with Crippen LogP contribution < -0.4 is 48.7 Å². The Morgan fingerprint density at radius 1 is 1.00 bits per heavy atom. The summed E-state index contributed by atoms with van der Waals surface area (Å²) >= 11 is 0. The van der Waals surface area contributed by atoms with E-state index in [1.165, 1.54) is 0 Å². The number of hydrogen-bond acceptors (Lipinski definition) is 7. The molecule has 7 nitrogen and oxygen atoms in total. The molecule has 0 amide bonds. The molecule has 0 radical (unpaired) electrons. The van der Waals surface area contributed by atoms with Crippen molar-refractivity contribution >= 4 is 35.5 Å². The zero-order valence-electron chi connectivity index (χ0n) is 5.51. The second-order valence-electron chi connectivity index (χ2n) is 1.15. The standard InChI is InChI=1S/Al.Na.H2O7Si2/c;;1-8(2,3)7-9(4,5)6/h;;1-2H/q+3;+1;-4. The van der Waals surface area contributed by atoms with Gasteiger partial charge in [0.05, 0.1) is 0 Å². The molecule has 0 aromatic carbocycles. The van der Waals surface area contributed by atoms with Crippen LogP contribution in [0.25, 0.3) is 0 Å². The molecule has 2 N–H and O–H groups in total. The van der Waals surface area contributed by atoms with Crippen molar-refractivity contribution in [3.63, 3.8) is 0 Å². The summed E-state index contributed by atoms with van der Waals surface area (Å²) in [6.45, 7) is 0. The third-order valence-electron chi connectivity index (χ3n) is 0.258. The van der Waals surface area contributed by atoms with E-state index in [1.807, 2.05) is 0 Å². The second-order valence-corrected chi connectivity index (χ2v) is 4.06. The summed E-state index contributed by atoms with van der Waals surface area (Å²) in [7, 11) is -11.2. The molecule has 11 heteroatoms. The monoisotopic (exact) mass is 220 g/mol. The fourth-order valence-electron chi connectivity index (χ4n) is 0.163. The maximum Gasteiger partial charge on any atom is 3.00 e. The first-order chi connectivity index (χ1) is 3.71. The van der Waals surface area contributed by atoms with Gasteiger partial charge in [0.25, 0.3) is 0 Å². The molecular weight excluding hydrogens is 218 g/mol. The molecule has 0 aliphatic rings. The van der Waals surface area contributed by atoms with Crippen LogP contribution in [0.15, 0.2) is 0 Å². The minimum Gasteiger partial charge on any atom is -0.862 e. The van der Waals surface area contributed by atoms with Gasteiger partial charge in [0.2, 0.25) is 0 Å². The maximum absolute atomic E-state index is 9.58. The first-order valence-corrected chi connectivity index (χ1v) is 5.02. The summed E-state index contributed by atoms with van der Waals surface area (Å²) in [5.41, 5.74) is 0. The first kappa shape index (κ1) is 18.5. The summed E-state index contributed by atoms with van der Waals surface area (Å²) in [5, 5.41) is 0. The average molecular weight is 220 g/mol. The molecule has 0 saturated carbocycles. The molecule has 0 bridgehead atoms. The van der Waals surface area contributed by atoms with Gasteiger partial charge >= 0.3 is 56.0 Å². The van der Waals surface area contributed by atoms with Gasteiger partial charge < -0.3 is 32.9 Å². The third-order valence-corrected chi connectivity index (χ3v) is 2.32. The van der Waals surface area contributed by atoms with Gasteiger partial charge in [0, 0.05) is 0 Å². The molecule has 0 fully saturated rings. The average Bonchev–Trinajstić information content (AvgIpc) is 1.14. The Morgan fingerprint density at radius 2 is 1.27 bits per heavy atom. The molecule has 0 aromatic heterocycles. The van der Waals surface area contributed by atoms with Crippen LogP contribution in [0.4, 0.5) is 0 Å². The van der Waals surface area contributed by atoms with E-state index in [-0.39, 0.29) is 46.9 Å².